The van der Waals surface area contributed by atoms with Gasteiger partial charge in [0, 0.05) is 25.7 Å². The SMILES string of the molecule is CCNCc1cn(CCCOc2cc(C)ccc2C)nn1. The highest BCUT2D eigenvalue weighted by Gasteiger charge is 2.02. The van der Waals surface area contributed by atoms with Gasteiger partial charge in [-0.3, -0.25) is 4.68 Å². The number of hydrogen-bond donors (Lipinski definition) is 1. The first-order chi connectivity index (χ1) is 10.2. The summed E-state index contributed by atoms with van der Waals surface area (Å²) in [5.41, 5.74) is 3.38. The predicted molar refractivity (Wildman–Crippen MR) is 83.4 cm³/mol. The fourth-order valence-electron chi connectivity index (χ4n) is 2.05. The normalized spacial score (nSPS) is 10.8. The van der Waals surface area contributed by atoms with Gasteiger partial charge in [-0.05, 0) is 37.6 Å². The number of nitrogens with one attached hydrogen (secondary N) is 1. The molecular weight excluding hydrogens is 264 g/mol. The summed E-state index contributed by atoms with van der Waals surface area (Å²) in [5.74, 6) is 0.974. The molecule has 0 radical (unpaired) electrons. The van der Waals surface area contributed by atoms with Crippen LogP contribution in [-0.2, 0) is 13.1 Å². The summed E-state index contributed by atoms with van der Waals surface area (Å²) in [6.07, 6.45) is 2.90. The van der Waals surface area contributed by atoms with E-state index in [9.17, 15) is 0 Å². The molecule has 0 spiro atoms. The molecule has 0 aliphatic carbocycles. The molecule has 0 aliphatic heterocycles. The molecular formula is C16H24N4O. The predicted octanol–water partition coefficient (Wildman–Crippen LogP) is 2.47. The van der Waals surface area contributed by atoms with E-state index < -0.39 is 0 Å². The van der Waals surface area contributed by atoms with E-state index in [0.29, 0.717) is 6.61 Å². The minimum Gasteiger partial charge on any atom is -0.493 e. The zero-order chi connectivity index (χ0) is 15.1. The zero-order valence-corrected chi connectivity index (χ0v) is 13.1. The highest BCUT2D eigenvalue weighted by Crippen LogP contribution is 2.19. The van der Waals surface area contributed by atoms with Gasteiger partial charge in [0.25, 0.3) is 0 Å². The van der Waals surface area contributed by atoms with Crippen LogP contribution in [0.2, 0.25) is 0 Å². The Morgan fingerprint density at radius 1 is 1.29 bits per heavy atom. The maximum atomic E-state index is 5.84. The molecule has 1 aromatic carbocycles. The molecule has 1 heterocycles. The Kier molecular flexibility index (Phi) is 5.75. The van der Waals surface area contributed by atoms with Crippen LogP contribution in [0.5, 0.6) is 5.75 Å². The third-order valence-corrected chi connectivity index (χ3v) is 3.27. The number of benzene rings is 1. The van der Waals surface area contributed by atoms with Crippen molar-refractivity contribution >= 4 is 0 Å². The zero-order valence-electron chi connectivity index (χ0n) is 13.1. The maximum Gasteiger partial charge on any atom is 0.122 e. The molecule has 5 nitrogen and oxygen atoms in total. The van der Waals surface area contributed by atoms with Crippen molar-refractivity contribution < 1.29 is 4.74 Å². The van der Waals surface area contributed by atoms with Gasteiger partial charge in [0.1, 0.15) is 5.75 Å². The van der Waals surface area contributed by atoms with E-state index in [1.54, 1.807) is 0 Å². The molecule has 1 N–H and O–H groups in total. The molecule has 114 valence electrons. The summed E-state index contributed by atoms with van der Waals surface area (Å²) in [6, 6.07) is 6.28. The average molecular weight is 288 g/mol. The fourth-order valence-corrected chi connectivity index (χ4v) is 2.05. The van der Waals surface area contributed by atoms with Gasteiger partial charge in [-0.2, -0.15) is 0 Å². The molecule has 0 amide bonds. The third kappa shape index (κ3) is 4.86. The van der Waals surface area contributed by atoms with E-state index in [-0.39, 0.29) is 0 Å². The van der Waals surface area contributed by atoms with E-state index in [0.717, 1.165) is 37.5 Å². The van der Waals surface area contributed by atoms with Crippen molar-refractivity contribution in [3.05, 3.63) is 41.2 Å². The largest absolute Gasteiger partial charge is 0.493 e. The molecule has 2 aromatic rings. The smallest absolute Gasteiger partial charge is 0.122 e. The van der Waals surface area contributed by atoms with E-state index in [1.807, 2.05) is 10.9 Å². The quantitative estimate of drug-likeness (QED) is 0.758. The Bertz CT molecular complexity index is 565. The van der Waals surface area contributed by atoms with Crippen molar-refractivity contribution in [2.75, 3.05) is 13.2 Å². The lowest BCUT2D eigenvalue weighted by atomic mass is 10.1. The summed E-state index contributed by atoms with van der Waals surface area (Å²) >= 11 is 0. The molecule has 0 aliphatic rings. The van der Waals surface area contributed by atoms with Crippen LogP contribution in [-0.4, -0.2) is 28.1 Å². The van der Waals surface area contributed by atoms with E-state index in [4.69, 9.17) is 4.74 Å². The fraction of sp³-hybridized carbons (Fsp3) is 0.500. The van der Waals surface area contributed by atoms with Crippen LogP contribution in [0.25, 0.3) is 0 Å². The Balaban J connectivity index is 1.74. The molecule has 1 aromatic heterocycles. The Labute approximate surface area is 126 Å². The molecule has 0 atom stereocenters. The van der Waals surface area contributed by atoms with Crippen molar-refractivity contribution in [2.24, 2.45) is 0 Å². The van der Waals surface area contributed by atoms with Crippen molar-refractivity contribution in [3.63, 3.8) is 0 Å². The van der Waals surface area contributed by atoms with Gasteiger partial charge < -0.3 is 10.1 Å². The van der Waals surface area contributed by atoms with Gasteiger partial charge in [0.05, 0.1) is 12.3 Å². The van der Waals surface area contributed by atoms with Crippen molar-refractivity contribution in [1.82, 2.24) is 20.3 Å². The monoisotopic (exact) mass is 288 g/mol. The molecule has 21 heavy (non-hydrogen) atoms. The standard InChI is InChI=1S/C16H24N4O/c1-4-17-11-15-12-20(19-18-15)8-5-9-21-16-10-13(2)6-7-14(16)3/h6-7,10,12,17H,4-5,8-9,11H2,1-3H3. The molecule has 0 unspecified atom stereocenters. The topological polar surface area (TPSA) is 52.0 Å². The van der Waals surface area contributed by atoms with Crippen LogP contribution in [0.3, 0.4) is 0 Å². The second-order valence-electron chi connectivity index (χ2n) is 5.22. The second-order valence-corrected chi connectivity index (χ2v) is 5.22. The van der Waals surface area contributed by atoms with Gasteiger partial charge >= 0.3 is 0 Å². The first kappa shape index (κ1) is 15.5. The van der Waals surface area contributed by atoms with Crippen LogP contribution in [0, 0.1) is 13.8 Å². The second kappa shape index (κ2) is 7.78. The van der Waals surface area contributed by atoms with E-state index in [2.05, 4.69) is 54.6 Å². The number of nitrogens with zero attached hydrogens (tertiary/aromatic N) is 3. The Morgan fingerprint density at radius 2 is 2.14 bits per heavy atom. The van der Waals surface area contributed by atoms with Crippen LogP contribution in [0.15, 0.2) is 24.4 Å². The highest BCUT2D eigenvalue weighted by molar-refractivity contribution is 5.35. The summed E-state index contributed by atoms with van der Waals surface area (Å²) in [7, 11) is 0. The van der Waals surface area contributed by atoms with Crippen molar-refractivity contribution in [2.45, 2.75) is 40.3 Å². The molecule has 0 saturated carbocycles. The Hall–Kier alpha value is -1.88. The third-order valence-electron chi connectivity index (χ3n) is 3.27. The summed E-state index contributed by atoms with van der Waals surface area (Å²) < 4.78 is 7.71. The lowest BCUT2D eigenvalue weighted by molar-refractivity contribution is 0.296. The van der Waals surface area contributed by atoms with Gasteiger partial charge in [-0.1, -0.05) is 24.3 Å². The minimum atomic E-state index is 0.687. The van der Waals surface area contributed by atoms with Gasteiger partial charge in [-0.25, -0.2) is 0 Å². The molecule has 0 fully saturated rings. The lowest BCUT2D eigenvalue weighted by Gasteiger charge is -2.09. The number of hydrogen-bond acceptors (Lipinski definition) is 4. The van der Waals surface area contributed by atoms with Gasteiger partial charge in [-0.15, -0.1) is 5.10 Å². The number of rotatable bonds is 8. The van der Waals surface area contributed by atoms with Crippen LogP contribution < -0.4 is 10.1 Å². The van der Waals surface area contributed by atoms with Crippen molar-refractivity contribution in [3.8, 4) is 5.75 Å². The highest BCUT2D eigenvalue weighted by atomic mass is 16.5. The van der Waals surface area contributed by atoms with Gasteiger partial charge in [0.15, 0.2) is 0 Å². The summed E-state index contributed by atoms with van der Waals surface area (Å²) in [5, 5.41) is 11.5. The first-order valence-corrected chi connectivity index (χ1v) is 7.49. The summed E-state index contributed by atoms with van der Waals surface area (Å²) in [4.78, 5) is 0. The van der Waals surface area contributed by atoms with Crippen LogP contribution in [0.1, 0.15) is 30.2 Å². The maximum absolute atomic E-state index is 5.84. The van der Waals surface area contributed by atoms with Crippen molar-refractivity contribution in [1.29, 1.82) is 0 Å². The number of aryl methyl sites for hydroxylation is 3. The summed E-state index contributed by atoms with van der Waals surface area (Å²) in [6.45, 7) is 9.45. The van der Waals surface area contributed by atoms with E-state index in [1.165, 1.54) is 11.1 Å². The molecule has 5 heteroatoms. The molecule has 2 rings (SSSR count). The van der Waals surface area contributed by atoms with Gasteiger partial charge in [0.2, 0.25) is 0 Å². The van der Waals surface area contributed by atoms with Crippen LogP contribution >= 0.6 is 0 Å². The first-order valence-electron chi connectivity index (χ1n) is 7.49. The number of ether oxygens (including phenoxy) is 1. The number of aromatic nitrogens is 3. The molecule has 0 saturated heterocycles. The lowest BCUT2D eigenvalue weighted by Crippen LogP contribution is -2.11. The van der Waals surface area contributed by atoms with Crippen LogP contribution in [0.4, 0.5) is 0 Å². The molecule has 0 bridgehead atoms. The average Bonchev–Trinajstić information content (AvgIpc) is 2.92. The minimum absolute atomic E-state index is 0.687. The van der Waals surface area contributed by atoms with E-state index >= 15 is 0 Å². The Morgan fingerprint density at radius 3 is 2.95 bits per heavy atom.